The molecular weight excluding hydrogens is 368 g/mol. The van der Waals surface area contributed by atoms with Crippen LogP contribution in [0.5, 0.6) is 5.75 Å². The van der Waals surface area contributed by atoms with Crippen LogP contribution in [0.15, 0.2) is 48.5 Å². The summed E-state index contributed by atoms with van der Waals surface area (Å²) in [4.78, 5) is 16.6. The SMILES string of the molecule is COC(=O)c1cc(C(O)CCCCN2CCN(c3ccccc3)CC2)ccc1O. The fourth-order valence-electron chi connectivity index (χ4n) is 3.74. The first-order valence-corrected chi connectivity index (χ1v) is 10.2. The molecule has 0 aliphatic carbocycles. The van der Waals surface area contributed by atoms with Gasteiger partial charge in [0.15, 0.2) is 0 Å². The average molecular weight is 399 g/mol. The van der Waals surface area contributed by atoms with Crippen LogP contribution in [0.1, 0.15) is 41.3 Å². The van der Waals surface area contributed by atoms with Crippen LogP contribution in [0.25, 0.3) is 0 Å². The fraction of sp³-hybridized carbons (Fsp3) is 0.435. The highest BCUT2D eigenvalue weighted by atomic mass is 16.5. The maximum absolute atomic E-state index is 11.7. The van der Waals surface area contributed by atoms with Crippen molar-refractivity contribution in [2.75, 3.05) is 44.7 Å². The molecule has 1 aliphatic heterocycles. The van der Waals surface area contributed by atoms with Gasteiger partial charge in [0.25, 0.3) is 0 Å². The number of methoxy groups -OCH3 is 1. The van der Waals surface area contributed by atoms with Gasteiger partial charge in [-0.2, -0.15) is 0 Å². The predicted molar refractivity (Wildman–Crippen MR) is 113 cm³/mol. The quantitative estimate of drug-likeness (QED) is 0.526. The van der Waals surface area contributed by atoms with E-state index in [0.717, 1.165) is 45.6 Å². The van der Waals surface area contributed by atoms with E-state index in [9.17, 15) is 15.0 Å². The second-order valence-electron chi connectivity index (χ2n) is 7.44. The Labute approximate surface area is 172 Å². The van der Waals surface area contributed by atoms with Gasteiger partial charge in [-0.3, -0.25) is 4.90 Å². The zero-order valence-electron chi connectivity index (χ0n) is 17.0. The van der Waals surface area contributed by atoms with Crippen molar-refractivity contribution < 1.29 is 19.7 Å². The van der Waals surface area contributed by atoms with E-state index in [-0.39, 0.29) is 11.3 Å². The van der Waals surface area contributed by atoms with Crippen molar-refractivity contribution in [3.05, 3.63) is 59.7 Å². The highest BCUT2D eigenvalue weighted by Crippen LogP contribution is 2.26. The molecule has 2 aromatic carbocycles. The third kappa shape index (κ3) is 5.71. The van der Waals surface area contributed by atoms with E-state index >= 15 is 0 Å². The Morgan fingerprint density at radius 2 is 1.79 bits per heavy atom. The van der Waals surface area contributed by atoms with Crippen LogP contribution in [0.4, 0.5) is 5.69 Å². The summed E-state index contributed by atoms with van der Waals surface area (Å²) in [5, 5.41) is 20.2. The lowest BCUT2D eigenvalue weighted by atomic mass is 10.0. The molecule has 0 aromatic heterocycles. The number of rotatable bonds is 8. The molecule has 1 aliphatic rings. The summed E-state index contributed by atoms with van der Waals surface area (Å²) in [6, 6.07) is 15.1. The van der Waals surface area contributed by atoms with Gasteiger partial charge in [0, 0.05) is 31.9 Å². The van der Waals surface area contributed by atoms with Crippen molar-refractivity contribution in [1.82, 2.24) is 4.90 Å². The molecule has 1 heterocycles. The molecule has 0 saturated carbocycles. The Bertz CT molecular complexity index is 789. The molecule has 3 rings (SSSR count). The number of unbranched alkanes of at least 4 members (excludes halogenated alkanes) is 1. The minimum Gasteiger partial charge on any atom is -0.507 e. The van der Waals surface area contributed by atoms with Crippen molar-refractivity contribution in [1.29, 1.82) is 0 Å². The number of benzene rings is 2. The summed E-state index contributed by atoms with van der Waals surface area (Å²) < 4.78 is 4.66. The number of phenols is 1. The number of esters is 1. The lowest BCUT2D eigenvalue weighted by Gasteiger charge is -2.36. The number of carbonyl (C=O) groups excluding carboxylic acids is 1. The van der Waals surface area contributed by atoms with Gasteiger partial charge in [-0.25, -0.2) is 4.79 Å². The molecule has 2 N–H and O–H groups in total. The first-order valence-electron chi connectivity index (χ1n) is 10.2. The van der Waals surface area contributed by atoms with Crippen LogP contribution in [0, 0.1) is 0 Å². The number of hydrogen-bond acceptors (Lipinski definition) is 6. The number of aliphatic hydroxyl groups is 1. The molecule has 0 amide bonds. The second kappa shape index (κ2) is 10.3. The number of nitrogens with zero attached hydrogens (tertiary/aromatic N) is 2. The number of anilines is 1. The van der Waals surface area contributed by atoms with E-state index in [1.54, 1.807) is 6.07 Å². The van der Waals surface area contributed by atoms with Gasteiger partial charge in [0.05, 0.1) is 13.2 Å². The minimum absolute atomic E-state index is 0.0836. The zero-order valence-corrected chi connectivity index (χ0v) is 17.0. The van der Waals surface area contributed by atoms with E-state index in [2.05, 4.69) is 38.8 Å². The summed E-state index contributed by atoms with van der Waals surface area (Å²) in [5.74, 6) is -0.742. The Kier molecular flexibility index (Phi) is 7.49. The average Bonchev–Trinajstić information content (AvgIpc) is 2.77. The molecule has 1 fully saturated rings. The molecule has 0 spiro atoms. The molecule has 0 radical (unpaired) electrons. The van der Waals surface area contributed by atoms with Gasteiger partial charge in [-0.15, -0.1) is 0 Å². The lowest BCUT2D eigenvalue weighted by Crippen LogP contribution is -2.46. The topological polar surface area (TPSA) is 73.2 Å². The molecule has 6 nitrogen and oxygen atoms in total. The van der Waals surface area contributed by atoms with E-state index < -0.39 is 12.1 Å². The van der Waals surface area contributed by atoms with Gasteiger partial charge >= 0.3 is 5.97 Å². The monoisotopic (exact) mass is 398 g/mol. The third-order valence-electron chi connectivity index (χ3n) is 5.51. The summed E-state index contributed by atoms with van der Waals surface area (Å²) >= 11 is 0. The first kappa shape index (κ1) is 21.1. The Balaban J connectivity index is 1.39. The van der Waals surface area contributed by atoms with Crippen LogP contribution >= 0.6 is 0 Å². The number of ether oxygens (including phenoxy) is 1. The van der Waals surface area contributed by atoms with E-state index in [1.165, 1.54) is 24.9 Å². The van der Waals surface area contributed by atoms with Crippen LogP contribution < -0.4 is 4.90 Å². The maximum atomic E-state index is 11.7. The standard InChI is InChI=1S/C23H30N2O4/c1-29-23(28)20-17-18(10-11-22(20)27)21(26)9-5-6-12-24-13-15-25(16-14-24)19-7-3-2-4-8-19/h2-4,7-8,10-11,17,21,26-27H,5-6,9,12-16H2,1H3. The number of aromatic hydroxyl groups is 1. The highest BCUT2D eigenvalue weighted by molar-refractivity contribution is 5.92. The molecule has 6 heteroatoms. The Morgan fingerprint density at radius 3 is 2.48 bits per heavy atom. The molecule has 1 saturated heterocycles. The summed E-state index contributed by atoms with van der Waals surface area (Å²) in [6.45, 7) is 5.21. The van der Waals surface area contributed by atoms with Crippen LogP contribution in [0.2, 0.25) is 0 Å². The number of para-hydroxylation sites is 1. The number of piperazine rings is 1. The third-order valence-corrected chi connectivity index (χ3v) is 5.51. The highest BCUT2D eigenvalue weighted by Gasteiger charge is 2.18. The summed E-state index contributed by atoms with van der Waals surface area (Å²) in [7, 11) is 1.27. The maximum Gasteiger partial charge on any atom is 0.341 e. The Morgan fingerprint density at radius 1 is 1.07 bits per heavy atom. The van der Waals surface area contributed by atoms with Crippen molar-refractivity contribution in [2.45, 2.75) is 25.4 Å². The number of hydrogen-bond donors (Lipinski definition) is 2. The van der Waals surface area contributed by atoms with Crippen molar-refractivity contribution >= 4 is 11.7 Å². The van der Waals surface area contributed by atoms with Crippen LogP contribution in [0.3, 0.4) is 0 Å². The van der Waals surface area contributed by atoms with Gasteiger partial charge in [0.2, 0.25) is 0 Å². The van der Waals surface area contributed by atoms with Gasteiger partial charge in [-0.1, -0.05) is 24.3 Å². The largest absolute Gasteiger partial charge is 0.507 e. The van der Waals surface area contributed by atoms with Crippen molar-refractivity contribution in [2.24, 2.45) is 0 Å². The summed E-state index contributed by atoms with van der Waals surface area (Å²) in [5.41, 5.74) is 2.00. The number of phenolic OH excluding ortho intramolecular Hbond substituents is 1. The smallest absolute Gasteiger partial charge is 0.341 e. The van der Waals surface area contributed by atoms with Gasteiger partial charge < -0.3 is 19.8 Å². The molecule has 29 heavy (non-hydrogen) atoms. The molecule has 0 bridgehead atoms. The lowest BCUT2D eigenvalue weighted by molar-refractivity contribution is 0.0597. The summed E-state index contributed by atoms with van der Waals surface area (Å²) in [6.07, 6.45) is 1.88. The normalized spacial score (nSPS) is 15.9. The van der Waals surface area contributed by atoms with Crippen LogP contribution in [-0.2, 0) is 4.74 Å². The minimum atomic E-state index is -0.658. The first-order chi connectivity index (χ1) is 14.1. The van der Waals surface area contributed by atoms with E-state index in [4.69, 9.17) is 0 Å². The van der Waals surface area contributed by atoms with E-state index in [1.807, 2.05) is 6.07 Å². The molecule has 1 atom stereocenters. The molecule has 2 aromatic rings. The van der Waals surface area contributed by atoms with Crippen molar-refractivity contribution in [3.8, 4) is 5.75 Å². The number of carbonyl (C=O) groups is 1. The van der Waals surface area contributed by atoms with Gasteiger partial charge in [-0.05, 0) is 55.6 Å². The molecule has 156 valence electrons. The number of aliphatic hydroxyl groups excluding tert-OH is 1. The van der Waals surface area contributed by atoms with Crippen molar-refractivity contribution in [3.63, 3.8) is 0 Å². The molecule has 1 unspecified atom stereocenters. The predicted octanol–water partition coefficient (Wildman–Crippen LogP) is 3.20. The fourth-order valence-corrected chi connectivity index (χ4v) is 3.74. The van der Waals surface area contributed by atoms with Crippen LogP contribution in [-0.4, -0.2) is 60.9 Å². The molecular formula is C23H30N2O4. The van der Waals surface area contributed by atoms with E-state index in [0.29, 0.717) is 12.0 Å². The Hall–Kier alpha value is -2.57. The zero-order chi connectivity index (χ0) is 20.6. The van der Waals surface area contributed by atoms with Gasteiger partial charge in [0.1, 0.15) is 11.3 Å². The second-order valence-corrected chi connectivity index (χ2v) is 7.44.